The molecule has 0 N–H and O–H groups in total. The molecule has 32 heavy (non-hydrogen) atoms. The van der Waals surface area contributed by atoms with Crippen molar-refractivity contribution in [2.75, 3.05) is 0 Å². The molecule has 1 aliphatic carbocycles. The highest BCUT2D eigenvalue weighted by molar-refractivity contribution is 5.41. The largest absolute Gasteiger partial charge is 0.0622 e. The zero-order chi connectivity index (χ0) is 22.0. The molecule has 5 rings (SSSR count). The van der Waals surface area contributed by atoms with E-state index in [0.29, 0.717) is 23.7 Å². The van der Waals surface area contributed by atoms with Gasteiger partial charge in [0.15, 0.2) is 0 Å². The maximum Gasteiger partial charge on any atom is -0.00132 e. The fourth-order valence-corrected chi connectivity index (χ4v) is 6.30. The molecule has 1 fully saturated rings. The predicted molar refractivity (Wildman–Crippen MR) is 135 cm³/mol. The van der Waals surface area contributed by atoms with Crippen LogP contribution in [0.5, 0.6) is 0 Å². The summed E-state index contributed by atoms with van der Waals surface area (Å²) in [6, 6.07) is 44.9. The van der Waals surface area contributed by atoms with Crippen molar-refractivity contribution in [2.45, 2.75) is 43.9 Å². The third kappa shape index (κ3) is 3.91. The van der Waals surface area contributed by atoms with E-state index < -0.39 is 0 Å². The molecule has 4 aromatic rings. The second-order valence-electron chi connectivity index (χ2n) is 9.97. The summed E-state index contributed by atoms with van der Waals surface area (Å²) in [5.41, 5.74) is 5.98. The van der Waals surface area contributed by atoms with E-state index in [1.165, 1.54) is 28.7 Å². The van der Waals surface area contributed by atoms with Crippen molar-refractivity contribution in [1.29, 1.82) is 0 Å². The highest BCUT2D eigenvalue weighted by atomic mass is 14.5. The third-order valence-electron chi connectivity index (χ3n) is 7.52. The summed E-state index contributed by atoms with van der Waals surface area (Å²) in [5.74, 6) is 1.73. The molecule has 0 aliphatic heterocycles. The SMILES string of the molecule is CC1(C)C[C@H](c2ccccc2)[C@H](c2ccccc2)[C@H](c2ccccc2)[C@@H]1c1ccccc1. The van der Waals surface area contributed by atoms with Crippen LogP contribution in [0.15, 0.2) is 121 Å². The molecule has 0 heterocycles. The van der Waals surface area contributed by atoms with Gasteiger partial charge in [0.05, 0.1) is 0 Å². The molecule has 0 bridgehead atoms. The predicted octanol–water partition coefficient (Wildman–Crippen LogP) is 8.55. The van der Waals surface area contributed by atoms with Gasteiger partial charge in [-0.1, -0.05) is 135 Å². The summed E-state index contributed by atoms with van der Waals surface area (Å²) in [7, 11) is 0. The minimum absolute atomic E-state index is 0.160. The Morgan fingerprint density at radius 3 is 1.31 bits per heavy atom. The minimum atomic E-state index is 0.160. The Morgan fingerprint density at radius 2 is 0.844 bits per heavy atom. The Kier molecular flexibility index (Phi) is 5.70. The van der Waals surface area contributed by atoms with Crippen LogP contribution in [-0.4, -0.2) is 0 Å². The minimum Gasteiger partial charge on any atom is -0.0622 e. The van der Waals surface area contributed by atoms with E-state index in [-0.39, 0.29) is 5.41 Å². The van der Waals surface area contributed by atoms with Gasteiger partial charge in [0, 0.05) is 0 Å². The van der Waals surface area contributed by atoms with Gasteiger partial charge >= 0.3 is 0 Å². The van der Waals surface area contributed by atoms with Gasteiger partial charge in [-0.2, -0.15) is 0 Å². The van der Waals surface area contributed by atoms with E-state index in [2.05, 4.69) is 135 Å². The van der Waals surface area contributed by atoms with Crippen LogP contribution in [-0.2, 0) is 0 Å². The topological polar surface area (TPSA) is 0 Å². The van der Waals surface area contributed by atoms with Crippen LogP contribution < -0.4 is 0 Å². The quantitative estimate of drug-likeness (QED) is 0.312. The molecule has 1 saturated carbocycles. The number of hydrogen-bond donors (Lipinski definition) is 0. The van der Waals surface area contributed by atoms with Crippen molar-refractivity contribution in [2.24, 2.45) is 5.41 Å². The standard InChI is InChI=1S/C32H32/c1-32(2)23-28(24-15-7-3-8-16-24)29(25-17-9-4-10-18-25)30(26-19-11-5-12-20-26)31(32)27-21-13-6-14-22-27/h3-22,28-31H,23H2,1-2H3/t28-,29+,30+,31+/m1/s1. The van der Waals surface area contributed by atoms with Crippen LogP contribution in [0.3, 0.4) is 0 Å². The van der Waals surface area contributed by atoms with Crippen molar-refractivity contribution in [3.8, 4) is 0 Å². The molecular weight excluding hydrogens is 384 g/mol. The van der Waals surface area contributed by atoms with Crippen LogP contribution in [0.25, 0.3) is 0 Å². The first-order chi connectivity index (χ1) is 15.6. The average Bonchev–Trinajstić information content (AvgIpc) is 2.85. The Hall–Kier alpha value is -3.12. The van der Waals surface area contributed by atoms with Crippen molar-refractivity contribution >= 4 is 0 Å². The second kappa shape index (κ2) is 8.79. The Morgan fingerprint density at radius 1 is 0.469 bits per heavy atom. The number of hydrogen-bond acceptors (Lipinski definition) is 0. The third-order valence-corrected chi connectivity index (χ3v) is 7.52. The van der Waals surface area contributed by atoms with E-state index in [4.69, 9.17) is 0 Å². The molecule has 160 valence electrons. The first-order valence-electron chi connectivity index (χ1n) is 11.8. The second-order valence-corrected chi connectivity index (χ2v) is 9.97. The summed E-state index contributed by atoms with van der Waals surface area (Å²) in [6.45, 7) is 4.97. The molecule has 4 aromatic carbocycles. The zero-order valence-corrected chi connectivity index (χ0v) is 19.1. The van der Waals surface area contributed by atoms with Gasteiger partial charge in [-0.15, -0.1) is 0 Å². The maximum atomic E-state index is 2.48. The van der Waals surface area contributed by atoms with E-state index in [9.17, 15) is 0 Å². The van der Waals surface area contributed by atoms with Crippen molar-refractivity contribution in [3.05, 3.63) is 144 Å². The monoisotopic (exact) mass is 416 g/mol. The van der Waals surface area contributed by atoms with Crippen LogP contribution in [0.4, 0.5) is 0 Å². The Bertz CT molecular complexity index is 1110. The van der Waals surface area contributed by atoms with Gasteiger partial charge in [0.1, 0.15) is 0 Å². The van der Waals surface area contributed by atoms with Gasteiger partial charge in [-0.05, 0) is 57.8 Å². The first-order valence-corrected chi connectivity index (χ1v) is 11.8. The number of rotatable bonds is 4. The van der Waals surface area contributed by atoms with Crippen LogP contribution in [0, 0.1) is 5.41 Å². The maximum absolute atomic E-state index is 2.48. The van der Waals surface area contributed by atoms with E-state index in [0.717, 1.165) is 0 Å². The van der Waals surface area contributed by atoms with Crippen LogP contribution in [0.1, 0.15) is 66.2 Å². The van der Waals surface area contributed by atoms with Crippen LogP contribution >= 0.6 is 0 Å². The molecule has 1 aliphatic rings. The zero-order valence-electron chi connectivity index (χ0n) is 19.1. The Labute approximate surface area is 193 Å². The fraction of sp³-hybridized carbons (Fsp3) is 0.250. The molecule has 0 aromatic heterocycles. The lowest BCUT2D eigenvalue weighted by molar-refractivity contribution is 0.132. The summed E-state index contributed by atoms with van der Waals surface area (Å²) in [5, 5.41) is 0. The van der Waals surface area contributed by atoms with Crippen molar-refractivity contribution < 1.29 is 0 Å². The summed E-state index contributed by atoms with van der Waals surface area (Å²) >= 11 is 0. The summed E-state index contributed by atoms with van der Waals surface area (Å²) in [4.78, 5) is 0. The van der Waals surface area contributed by atoms with E-state index in [1.54, 1.807) is 0 Å². The normalized spacial score (nSPS) is 24.7. The molecule has 0 unspecified atom stereocenters. The first kappa shape index (κ1) is 20.8. The lowest BCUT2D eigenvalue weighted by Gasteiger charge is -2.53. The smallest absolute Gasteiger partial charge is 0.00132 e. The van der Waals surface area contributed by atoms with Gasteiger partial charge in [0.2, 0.25) is 0 Å². The highest BCUT2D eigenvalue weighted by Gasteiger charge is 2.50. The lowest BCUT2D eigenvalue weighted by Crippen LogP contribution is -2.40. The molecular formula is C32H32. The molecule has 4 atom stereocenters. The molecule has 0 saturated heterocycles. The Balaban J connectivity index is 1.75. The average molecular weight is 417 g/mol. The van der Waals surface area contributed by atoms with Crippen LogP contribution in [0.2, 0.25) is 0 Å². The van der Waals surface area contributed by atoms with E-state index in [1.807, 2.05) is 0 Å². The van der Waals surface area contributed by atoms with Crippen molar-refractivity contribution in [1.82, 2.24) is 0 Å². The summed E-state index contributed by atoms with van der Waals surface area (Å²) < 4.78 is 0. The van der Waals surface area contributed by atoms with Gasteiger partial charge in [-0.3, -0.25) is 0 Å². The van der Waals surface area contributed by atoms with Crippen molar-refractivity contribution in [3.63, 3.8) is 0 Å². The molecule has 0 heteroatoms. The highest BCUT2D eigenvalue weighted by Crippen LogP contribution is 2.63. The van der Waals surface area contributed by atoms with Gasteiger partial charge in [-0.25, -0.2) is 0 Å². The number of benzene rings is 4. The molecule has 0 spiro atoms. The molecule has 0 amide bonds. The molecule has 0 nitrogen and oxygen atoms in total. The molecule has 0 radical (unpaired) electrons. The van der Waals surface area contributed by atoms with Gasteiger partial charge in [0.25, 0.3) is 0 Å². The fourth-order valence-electron chi connectivity index (χ4n) is 6.30. The van der Waals surface area contributed by atoms with Gasteiger partial charge < -0.3 is 0 Å². The van der Waals surface area contributed by atoms with E-state index >= 15 is 0 Å². The summed E-state index contributed by atoms with van der Waals surface area (Å²) in [6.07, 6.45) is 1.17. The lowest BCUT2D eigenvalue weighted by atomic mass is 9.51.